The van der Waals surface area contributed by atoms with Gasteiger partial charge in [-0.15, -0.1) is 0 Å². The molecule has 13 nitrogen and oxygen atoms in total. The third kappa shape index (κ3) is 32.0. The van der Waals surface area contributed by atoms with Crippen LogP contribution in [0.5, 0.6) is 0 Å². The molecule has 1 rings (SSSR count). The maximum absolute atomic E-state index is 12.8. The molecule has 0 heterocycles. The Kier molecular flexibility index (Phi) is 36.3. The molecule has 1 fully saturated rings. The van der Waals surface area contributed by atoms with E-state index in [1.165, 1.54) is 19.3 Å². The van der Waals surface area contributed by atoms with Gasteiger partial charge in [-0.2, -0.15) is 0 Å². The first-order valence-corrected chi connectivity index (χ1v) is 25.2. The van der Waals surface area contributed by atoms with Gasteiger partial charge >= 0.3 is 19.8 Å². The molecule has 368 valence electrons. The molecule has 14 heteroatoms. The largest absolute Gasteiger partial charge is 0.472 e. The maximum Gasteiger partial charge on any atom is 0.472 e. The number of rotatable bonds is 37. The molecule has 0 amide bonds. The van der Waals surface area contributed by atoms with Crippen LogP contribution >= 0.6 is 7.82 Å². The Bertz CT molecular complexity index is 1550. The van der Waals surface area contributed by atoms with Crippen LogP contribution in [0.1, 0.15) is 142 Å². The van der Waals surface area contributed by atoms with E-state index < -0.39 is 75.7 Å². The topological polar surface area (TPSA) is 210 Å². The summed E-state index contributed by atoms with van der Waals surface area (Å²) >= 11 is 0. The van der Waals surface area contributed by atoms with Crippen LogP contribution in [0, 0.1) is 0 Å². The number of aliphatic hydroxyl groups excluding tert-OH is 5. The number of aliphatic hydroxyl groups is 5. The number of unbranched alkanes of at least 4 members (excludes halogenated alkanes) is 7. The van der Waals surface area contributed by atoms with E-state index in [0.29, 0.717) is 19.3 Å². The van der Waals surface area contributed by atoms with E-state index in [-0.39, 0.29) is 12.8 Å². The van der Waals surface area contributed by atoms with Gasteiger partial charge in [0.25, 0.3) is 0 Å². The van der Waals surface area contributed by atoms with Gasteiger partial charge in [0, 0.05) is 12.8 Å². The van der Waals surface area contributed by atoms with Crippen LogP contribution in [0.3, 0.4) is 0 Å². The lowest BCUT2D eigenvalue weighted by molar-refractivity contribution is -0.220. The molecule has 6 unspecified atom stereocenters. The molecular formula is C51H81O13P. The van der Waals surface area contributed by atoms with Crippen molar-refractivity contribution in [3.8, 4) is 0 Å². The summed E-state index contributed by atoms with van der Waals surface area (Å²) in [5.41, 5.74) is 0. The molecular weight excluding hydrogens is 852 g/mol. The molecule has 0 aromatic heterocycles. The van der Waals surface area contributed by atoms with E-state index in [0.717, 1.165) is 77.0 Å². The lowest BCUT2D eigenvalue weighted by Crippen LogP contribution is -2.64. The fourth-order valence-corrected chi connectivity index (χ4v) is 7.28. The number of phosphoric acid groups is 1. The number of hydrogen-bond donors (Lipinski definition) is 6. The molecule has 1 saturated carbocycles. The van der Waals surface area contributed by atoms with Crippen molar-refractivity contribution in [2.24, 2.45) is 0 Å². The quantitative estimate of drug-likeness (QED) is 0.0149. The molecule has 0 aromatic rings. The zero-order chi connectivity index (χ0) is 47.8. The van der Waals surface area contributed by atoms with Crippen LogP contribution in [0.25, 0.3) is 0 Å². The van der Waals surface area contributed by atoms with Crippen LogP contribution in [-0.4, -0.2) is 98.3 Å². The second-order valence-corrected chi connectivity index (χ2v) is 17.3. The highest BCUT2D eigenvalue weighted by Gasteiger charge is 2.51. The number of hydrogen-bond acceptors (Lipinski definition) is 12. The van der Waals surface area contributed by atoms with E-state index in [4.69, 9.17) is 18.5 Å². The second-order valence-electron chi connectivity index (χ2n) is 15.9. The second kappa shape index (κ2) is 39.7. The van der Waals surface area contributed by atoms with Gasteiger partial charge in [0.1, 0.15) is 43.2 Å². The standard InChI is InChI=1S/C51H81O13P/c1-3-5-7-9-11-13-15-17-19-21-22-24-26-28-30-32-34-36-38-40-45(53)63-43(42-62-65(59,60)64-51-49(57)47(55)46(54)48(56)50(51)58)41-61-44(52)39-37-35-33-31-29-27-25-23-20-18-16-14-12-10-8-6-4-2/h5,7,11-14,17-20,22,24-25,27-28,30-31,33,43,46-51,54-58H,3-4,6,8-10,15-16,21,23,26,29,32,34-42H2,1-2H3,(H,59,60)/b7-5+,13-11+,14-12+,19-17+,20-18+,24-22+,27-25+,30-28+,33-31+/t43-,46?,47-,48?,49?,50?,51?/m1/s1. The van der Waals surface area contributed by atoms with E-state index >= 15 is 0 Å². The highest BCUT2D eigenvalue weighted by atomic mass is 31.2. The first-order chi connectivity index (χ1) is 31.4. The third-order valence-corrected chi connectivity index (χ3v) is 11.1. The van der Waals surface area contributed by atoms with Crippen molar-refractivity contribution in [3.63, 3.8) is 0 Å². The maximum atomic E-state index is 12.8. The van der Waals surface area contributed by atoms with Crippen LogP contribution in [-0.2, 0) is 32.7 Å². The zero-order valence-corrected chi connectivity index (χ0v) is 39.9. The summed E-state index contributed by atoms with van der Waals surface area (Å²) in [6.07, 6.45) is 41.4. The summed E-state index contributed by atoms with van der Waals surface area (Å²) in [7, 11) is -5.15. The summed E-state index contributed by atoms with van der Waals surface area (Å²) < 4.78 is 33.5. The molecule has 0 bridgehead atoms. The number of allylic oxidation sites excluding steroid dienone is 18. The molecule has 8 atom stereocenters. The number of esters is 2. The van der Waals surface area contributed by atoms with Crippen LogP contribution in [0.2, 0.25) is 0 Å². The van der Waals surface area contributed by atoms with Crippen LogP contribution in [0.4, 0.5) is 0 Å². The Balaban J connectivity index is 2.53. The van der Waals surface area contributed by atoms with Crippen molar-refractivity contribution in [1.82, 2.24) is 0 Å². The number of carbonyl (C=O) groups is 2. The van der Waals surface area contributed by atoms with Gasteiger partial charge in [0.15, 0.2) is 6.10 Å². The highest BCUT2D eigenvalue weighted by Crippen LogP contribution is 2.47. The fraction of sp³-hybridized carbons (Fsp3) is 0.608. The summed E-state index contributed by atoms with van der Waals surface area (Å²) in [5, 5.41) is 50.2. The van der Waals surface area contributed by atoms with E-state index in [2.05, 4.69) is 111 Å². The average Bonchev–Trinajstić information content (AvgIpc) is 3.29. The van der Waals surface area contributed by atoms with E-state index in [1.54, 1.807) is 0 Å². The molecule has 0 radical (unpaired) electrons. The van der Waals surface area contributed by atoms with E-state index in [9.17, 15) is 44.6 Å². The number of phosphoric ester groups is 1. The van der Waals surface area contributed by atoms with Gasteiger partial charge in [0.2, 0.25) is 0 Å². The summed E-state index contributed by atoms with van der Waals surface area (Å²) in [5.74, 6) is -1.22. The molecule has 6 N–H and O–H groups in total. The highest BCUT2D eigenvalue weighted by molar-refractivity contribution is 7.47. The lowest BCUT2D eigenvalue weighted by atomic mass is 9.85. The Labute approximate surface area is 389 Å². The zero-order valence-electron chi connectivity index (χ0n) is 39.0. The minimum Gasteiger partial charge on any atom is -0.462 e. The van der Waals surface area contributed by atoms with Crippen molar-refractivity contribution in [3.05, 3.63) is 109 Å². The number of ether oxygens (including phenoxy) is 2. The van der Waals surface area contributed by atoms with Gasteiger partial charge in [-0.25, -0.2) is 4.57 Å². The van der Waals surface area contributed by atoms with Crippen LogP contribution < -0.4 is 0 Å². The molecule has 0 saturated heterocycles. The molecule has 0 aliphatic heterocycles. The Hall–Kier alpha value is -3.49. The molecule has 1 aliphatic rings. The predicted molar refractivity (Wildman–Crippen MR) is 257 cm³/mol. The Morgan fingerprint density at radius 2 is 0.892 bits per heavy atom. The summed E-state index contributed by atoms with van der Waals surface area (Å²) in [6, 6.07) is 0. The van der Waals surface area contributed by atoms with Gasteiger partial charge in [0.05, 0.1) is 6.61 Å². The van der Waals surface area contributed by atoms with Gasteiger partial charge in [-0.1, -0.05) is 142 Å². The van der Waals surface area contributed by atoms with Gasteiger partial charge in [-0.3, -0.25) is 18.6 Å². The molecule has 0 aromatic carbocycles. The van der Waals surface area contributed by atoms with E-state index in [1.807, 2.05) is 12.2 Å². The minimum absolute atomic E-state index is 0.0387. The minimum atomic E-state index is -5.15. The van der Waals surface area contributed by atoms with Crippen molar-refractivity contribution in [2.75, 3.05) is 13.2 Å². The normalized spacial score (nSPS) is 22.4. The third-order valence-electron chi connectivity index (χ3n) is 10.1. The Morgan fingerprint density at radius 3 is 1.35 bits per heavy atom. The summed E-state index contributed by atoms with van der Waals surface area (Å²) in [4.78, 5) is 35.7. The number of carbonyl (C=O) groups excluding carboxylic acids is 2. The van der Waals surface area contributed by atoms with Gasteiger partial charge in [-0.05, 0) is 96.3 Å². The molecule has 65 heavy (non-hydrogen) atoms. The molecule has 0 spiro atoms. The van der Waals surface area contributed by atoms with Crippen LogP contribution in [0.15, 0.2) is 109 Å². The first-order valence-electron chi connectivity index (χ1n) is 23.7. The average molecular weight is 933 g/mol. The Morgan fingerprint density at radius 1 is 0.492 bits per heavy atom. The predicted octanol–water partition coefficient (Wildman–Crippen LogP) is 9.61. The summed E-state index contributed by atoms with van der Waals surface area (Å²) in [6.45, 7) is 3.07. The van der Waals surface area contributed by atoms with Crippen molar-refractivity contribution >= 4 is 19.8 Å². The monoisotopic (exact) mass is 933 g/mol. The lowest BCUT2D eigenvalue weighted by Gasteiger charge is -2.41. The molecule has 1 aliphatic carbocycles. The van der Waals surface area contributed by atoms with Gasteiger partial charge < -0.3 is 39.9 Å². The fourth-order valence-electron chi connectivity index (χ4n) is 6.30. The first kappa shape index (κ1) is 59.5. The van der Waals surface area contributed by atoms with Crippen molar-refractivity contribution in [1.29, 1.82) is 0 Å². The van der Waals surface area contributed by atoms with Crippen molar-refractivity contribution < 1.29 is 63.1 Å². The SMILES string of the molecule is CC/C=C/C/C=C/C/C=C/C/C=C/C/C=C/CCCCCC(=O)O[C@H](COC(=O)CCC/C=C/C/C=C/C/C=C/C/C=C/CCCCC)COP(=O)(O)OC1C(O)C(O)C(O)[C@@H](O)C1O. The van der Waals surface area contributed by atoms with Crippen molar-refractivity contribution in [2.45, 2.75) is 185 Å². The smallest absolute Gasteiger partial charge is 0.462 e.